The molecule has 2 aromatic heterocycles. The van der Waals surface area contributed by atoms with Gasteiger partial charge in [0.15, 0.2) is 6.61 Å². The summed E-state index contributed by atoms with van der Waals surface area (Å²) < 4.78 is 5.78. The van der Waals surface area contributed by atoms with E-state index < -0.39 is 0 Å². The van der Waals surface area contributed by atoms with Crippen molar-refractivity contribution in [3.8, 4) is 5.75 Å². The van der Waals surface area contributed by atoms with Crippen molar-refractivity contribution in [2.75, 3.05) is 37.7 Å². The summed E-state index contributed by atoms with van der Waals surface area (Å²) in [6.45, 7) is 5.04. The number of anilines is 1. The Labute approximate surface area is 162 Å². The van der Waals surface area contributed by atoms with Crippen molar-refractivity contribution >= 4 is 33.3 Å². The molecular formula is C20H22N4O2S. The number of amides is 1. The monoisotopic (exact) mass is 382 g/mol. The Morgan fingerprint density at radius 2 is 1.96 bits per heavy atom. The summed E-state index contributed by atoms with van der Waals surface area (Å²) in [6.07, 6.45) is 2.50. The molecule has 1 fully saturated rings. The number of fused-ring (bicyclic) bond motifs is 1. The molecule has 140 valence electrons. The van der Waals surface area contributed by atoms with E-state index in [-0.39, 0.29) is 12.5 Å². The Morgan fingerprint density at radius 1 is 1.15 bits per heavy atom. The smallest absolute Gasteiger partial charge is 0.260 e. The minimum absolute atomic E-state index is 0.0314. The third-order valence-corrected chi connectivity index (χ3v) is 5.70. The fraction of sp³-hybridized carbons (Fsp3) is 0.350. The van der Waals surface area contributed by atoms with Crippen LogP contribution in [0.1, 0.15) is 12.5 Å². The quantitative estimate of drug-likeness (QED) is 0.679. The third kappa shape index (κ3) is 3.73. The van der Waals surface area contributed by atoms with Crippen molar-refractivity contribution in [1.82, 2.24) is 14.9 Å². The van der Waals surface area contributed by atoms with Gasteiger partial charge in [-0.05, 0) is 29.5 Å². The number of nitrogens with zero attached hydrogens (tertiary/aromatic N) is 4. The van der Waals surface area contributed by atoms with Crippen LogP contribution in [0.25, 0.3) is 10.2 Å². The van der Waals surface area contributed by atoms with E-state index in [0.29, 0.717) is 13.1 Å². The van der Waals surface area contributed by atoms with Crippen LogP contribution in [-0.2, 0) is 11.2 Å². The van der Waals surface area contributed by atoms with Crippen molar-refractivity contribution in [2.45, 2.75) is 13.3 Å². The van der Waals surface area contributed by atoms with E-state index in [1.54, 1.807) is 17.7 Å². The highest BCUT2D eigenvalue weighted by atomic mass is 32.1. The van der Waals surface area contributed by atoms with E-state index in [1.807, 2.05) is 34.5 Å². The summed E-state index contributed by atoms with van der Waals surface area (Å²) in [7, 11) is 0. The molecule has 0 radical (unpaired) electrons. The lowest BCUT2D eigenvalue weighted by atomic mass is 10.1. The molecule has 0 aliphatic carbocycles. The van der Waals surface area contributed by atoms with Crippen LogP contribution < -0.4 is 9.64 Å². The number of thiophene rings is 1. The predicted octanol–water partition coefficient (Wildman–Crippen LogP) is 2.98. The van der Waals surface area contributed by atoms with Crippen LogP contribution in [0.3, 0.4) is 0 Å². The van der Waals surface area contributed by atoms with Crippen LogP contribution in [0.5, 0.6) is 5.75 Å². The molecule has 4 rings (SSSR count). The summed E-state index contributed by atoms with van der Waals surface area (Å²) in [5.74, 6) is 1.79. The summed E-state index contributed by atoms with van der Waals surface area (Å²) in [5, 5.41) is 3.12. The minimum Gasteiger partial charge on any atom is -0.483 e. The van der Waals surface area contributed by atoms with Crippen LogP contribution >= 0.6 is 11.3 Å². The number of rotatable bonds is 5. The Balaban J connectivity index is 1.35. The first-order chi connectivity index (χ1) is 13.3. The lowest BCUT2D eigenvalue weighted by Crippen LogP contribution is -2.50. The maximum atomic E-state index is 12.5. The van der Waals surface area contributed by atoms with Gasteiger partial charge in [-0.25, -0.2) is 9.97 Å². The normalized spacial score (nSPS) is 14.6. The molecule has 1 aromatic carbocycles. The molecule has 1 aliphatic rings. The second kappa shape index (κ2) is 7.92. The number of benzene rings is 1. The molecule has 27 heavy (non-hydrogen) atoms. The van der Waals surface area contributed by atoms with Gasteiger partial charge in [-0.3, -0.25) is 4.79 Å². The number of aryl methyl sites for hydroxylation is 1. The molecule has 0 atom stereocenters. The molecule has 0 unspecified atom stereocenters. The van der Waals surface area contributed by atoms with Gasteiger partial charge in [0.2, 0.25) is 0 Å². The fourth-order valence-corrected chi connectivity index (χ4v) is 4.09. The topological polar surface area (TPSA) is 58.6 Å². The number of ether oxygens (including phenoxy) is 1. The van der Waals surface area contributed by atoms with E-state index in [9.17, 15) is 4.79 Å². The summed E-state index contributed by atoms with van der Waals surface area (Å²) in [6, 6.07) is 9.94. The SMILES string of the molecule is CCc1ccccc1OCC(=O)N1CCN(c2ncnc3sccc23)CC1. The maximum absolute atomic E-state index is 12.5. The number of aromatic nitrogens is 2. The van der Waals surface area contributed by atoms with Crippen LogP contribution in [-0.4, -0.2) is 53.6 Å². The van der Waals surface area contributed by atoms with Gasteiger partial charge < -0.3 is 14.5 Å². The number of carbonyl (C=O) groups is 1. The Hall–Kier alpha value is -2.67. The maximum Gasteiger partial charge on any atom is 0.260 e. The summed E-state index contributed by atoms with van der Waals surface area (Å²) in [4.78, 5) is 26.4. The minimum atomic E-state index is 0.0314. The molecule has 6 nitrogen and oxygen atoms in total. The molecule has 1 aliphatic heterocycles. The van der Waals surface area contributed by atoms with E-state index in [4.69, 9.17) is 4.74 Å². The van der Waals surface area contributed by atoms with Crippen LogP contribution in [0.15, 0.2) is 42.0 Å². The fourth-order valence-electron chi connectivity index (χ4n) is 3.36. The van der Waals surface area contributed by atoms with Crippen LogP contribution in [0.4, 0.5) is 5.82 Å². The first-order valence-corrected chi connectivity index (χ1v) is 10.1. The van der Waals surface area contributed by atoms with Gasteiger partial charge in [0.25, 0.3) is 5.91 Å². The van der Waals surface area contributed by atoms with Crippen molar-refractivity contribution in [2.24, 2.45) is 0 Å². The number of para-hydroxylation sites is 1. The number of hydrogen-bond acceptors (Lipinski definition) is 6. The summed E-state index contributed by atoms with van der Waals surface area (Å²) >= 11 is 1.62. The number of piperazine rings is 1. The zero-order valence-corrected chi connectivity index (χ0v) is 16.1. The van der Waals surface area contributed by atoms with Crippen LogP contribution in [0.2, 0.25) is 0 Å². The average Bonchev–Trinajstić information content (AvgIpc) is 3.21. The highest BCUT2D eigenvalue weighted by molar-refractivity contribution is 7.16. The predicted molar refractivity (Wildman–Crippen MR) is 108 cm³/mol. The highest BCUT2D eigenvalue weighted by Crippen LogP contribution is 2.27. The van der Waals surface area contributed by atoms with Gasteiger partial charge in [-0.2, -0.15) is 0 Å². The third-order valence-electron chi connectivity index (χ3n) is 4.88. The standard InChI is InChI=1S/C20H22N4O2S/c1-2-15-5-3-4-6-17(15)26-13-18(25)23-8-10-24(11-9-23)19-16-7-12-27-20(16)22-14-21-19/h3-7,12,14H,2,8-11,13H2,1H3. The second-order valence-electron chi connectivity index (χ2n) is 6.45. The second-order valence-corrected chi connectivity index (χ2v) is 7.35. The van der Waals surface area contributed by atoms with Crippen LogP contribution in [0, 0.1) is 0 Å². The zero-order chi connectivity index (χ0) is 18.6. The molecule has 1 amide bonds. The molecular weight excluding hydrogens is 360 g/mol. The number of carbonyl (C=O) groups excluding carboxylic acids is 1. The Bertz CT molecular complexity index is 934. The first-order valence-electron chi connectivity index (χ1n) is 9.18. The Kier molecular flexibility index (Phi) is 5.20. The molecule has 0 saturated carbocycles. The lowest BCUT2D eigenvalue weighted by molar-refractivity contribution is -0.133. The Morgan fingerprint density at radius 3 is 2.78 bits per heavy atom. The molecule has 1 saturated heterocycles. The van der Waals surface area contributed by atoms with Crippen molar-refractivity contribution < 1.29 is 9.53 Å². The molecule has 7 heteroatoms. The van der Waals surface area contributed by atoms with E-state index in [2.05, 4.69) is 27.9 Å². The van der Waals surface area contributed by atoms with Crippen molar-refractivity contribution in [1.29, 1.82) is 0 Å². The van der Waals surface area contributed by atoms with Gasteiger partial charge in [0.05, 0.1) is 5.39 Å². The van der Waals surface area contributed by atoms with Gasteiger partial charge in [-0.1, -0.05) is 25.1 Å². The van der Waals surface area contributed by atoms with Gasteiger partial charge >= 0.3 is 0 Å². The van der Waals surface area contributed by atoms with Gasteiger partial charge in [0, 0.05) is 26.2 Å². The lowest BCUT2D eigenvalue weighted by Gasteiger charge is -2.35. The molecule has 3 aromatic rings. The van der Waals surface area contributed by atoms with Crippen molar-refractivity contribution in [3.63, 3.8) is 0 Å². The number of hydrogen-bond donors (Lipinski definition) is 0. The summed E-state index contributed by atoms with van der Waals surface area (Å²) in [5.41, 5.74) is 1.12. The van der Waals surface area contributed by atoms with Crippen molar-refractivity contribution in [3.05, 3.63) is 47.6 Å². The van der Waals surface area contributed by atoms with Gasteiger partial charge in [0.1, 0.15) is 22.7 Å². The van der Waals surface area contributed by atoms with E-state index >= 15 is 0 Å². The largest absolute Gasteiger partial charge is 0.483 e. The average molecular weight is 382 g/mol. The molecule has 0 N–H and O–H groups in total. The first kappa shape index (κ1) is 17.7. The molecule has 0 spiro atoms. The van der Waals surface area contributed by atoms with E-state index in [0.717, 1.165) is 46.9 Å². The van der Waals surface area contributed by atoms with E-state index in [1.165, 1.54) is 0 Å². The highest BCUT2D eigenvalue weighted by Gasteiger charge is 2.23. The zero-order valence-electron chi connectivity index (χ0n) is 15.3. The molecule has 0 bridgehead atoms. The molecule has 3 heterocycles. The van der Waals surface area contributed by atoms with Gasteiger partial charge in [-0.15, -0.1) is 11.3 Å².